The molecule has 3 rings (SSSR count). The van der Waals surface area contributed by atoms with Crippen molar-refractivity contribution in [1.82, 2.24) is 20.5 Å². The van der Waals surface area contributed by atoms with Crippen LogP contribution in [0.25, 0.3) is 0 Å². The predicted molar refractivity (Wildman–Crippen MR) is 123 cm³/mol. The minimum Gasteiger partial charge on any atom is -0.357 e. The first kappa shape index (κ1) is 21.9. The second-order valence-electron chi connectivity index (χ2n) is 8.78. The van der Waals surface area contributed by atoms with Crippen LogP contribution in [0.2, 0.25) is 0 Å². The molecule has 1 atom stereocenters. The van der Waals surface area contributed by atoms with E-state index in [1.165, 1.54) is 50.8 Å². The Morgan fingerprint density at radius 3 is 2.62 bits per heavy atom. The number of likely N-dealkylation sites (tertiary alicyclic amines) is 1. The number of hydrogen-bond donors (Lipinski definition) is 2. The van der Waals surface area contributed by atoms with Crippen molar-refractivity contribution >= 4 is 11.8 Å². The van der Waals surface area contributed by atoms with E-state index in [-0.39, 0.29) is 0 Å². The Kier molecular flexibility index (Phi) is 8.59. The Bertz CT molecular complexity index is 621. The van der Waals surface area contributed by atoms with Crippen molar-refractivity contribution in [3.63, 3.8) is 0 Å². The van der Waals surface area contributed by atoms with Crippen LogP contribution in [0.5, 0.6) is 0 Å². The van der Waals surface area contributed by atoms with Gasteiger partial charge in [-0.05, 0) is 63.1 Å². The molecule has 3 heterocycles. The number of pyridine rings is 1. The van der Waals surface area contributed by atoms with Crippen molar-refractivity contribution in [2.45, 2.75) is 65.0 Å². The number of rotatable bonds is 7. The Balaban J connectivity index is 1.35. The minimum absolute atomic E-state index is 0.741. The lowest BCUT2D eigenvalue weighted by molar-refractivity contribution is 0.159. The molecule has 0 aromatic carbocycles. The highest BCUT2D eigenvalue weighted by molar-refractivity contribution is 5.79. The monoisotopic (exact) mass is 400 g/mol. The summed E-state index contributed by atoms with van der Waals surface area (Å²) in [6.07, 6.45) is 9.76. The Labute approximate surface area is 177 Å². The molecular formula is C23H40N6. The lowest BCUT2D eigenvalue weighted by atomic mass is 9.99. The highest BCUT2D eigenvalue weighted by Gasteiger charge is 2.18. The van der Waals surface area contributed by atoms with Gasteiger partial charge >= 0.3 is 0 Å². The van der Waals surface area contributed by atoms with E-state index in [0.717, 1.165) is 56.3 Å². The fraction of sp³-hybridized carbons (Fsp3) is 0.739. The molecule has 0 radical (unpaired) electrons. The van der Waals surface area contributed by atoms with Crippen LogP contribution in [-0.4, -0.2) is 61.7 Å². The zero-order valence-corrected chi connectivity index (χ0v) is 18.7. The summed E-state index contributed by atoms with van der Waals surface area (Å²) in [5.74, 6) is 2.82. The lowest BCUT2D eigenvalue weighted by Crippen LogP contribution is -2.41. The standard InChI is InChI=1S/C23H40N6/c1-19-10-15-29(16-11-19)22-9-8-21(17-26-22)18-27-23(24-3)25-12-6-14-28-13-5-4-7-20(28)2/h8-9,17,19-20H,4-7,10-16,18H2,1-3H3,(H2,24,25,27). The molecule has 2 aliphatic heterocycles. The molecule has 1 unspecified atom stereocenters. The first-order chi connectivity index (χ1) is 14.2. The van der Waals surface area contributed by atoms with Crippen LogP contribution in [0.3, 0.4) is 0 Å². The molecule has 29 heavy (non-hydrogen) atoms. The summed E-state index contributed by atoms with van der Waals surface area (Å²) in [6, 6.07) is 5.08. The third-order valence-electron chi connectivity index (χ3n) is 6.46. The summed E-state index contributed by atoms with van der Waals surface area (Å²) in [4.78, 5) is 14.1. The molecule has 1 aromatic heterocycles. The second kappa shape index (κ2) is 11.4. The number of anilines is 1. The average molecular weight is 401 g/mol. The molecule has 2 N–H and O–H groups in total. The SMILES string of the molecule is CN=C(NCCCN1CCCCC1C)NCc1ccc(N2CCC(C)CC2)nc1. The van der Waals surface area contributed by atoms with E-state index in [0.29, 0.717) is 0 Å². The van der Waals surface area contributed by atoms with Gasteiger partial charge in [-0.2, -0.15) is 0 Å². The van der Waals surface area contributed by atoms with E-state index in [1.807, 2.05) is 13.2 Å². The van der Waals surface area contributed by atoms with E-state index in [9.17, 15) is 0 Å². The smallest absolute Gasteiger partial charge is 0.191 e. The average Bonchev–Trinajstić information content (AvgIpc) is 2.75. The van der Waals surface area contributed by atoms with Crippen LogP contribution in [0.1, 0.15) is 57.9 Å². The van der Waals surface area contributed by atoms with Crippen LogP contribution in [0, 0.1) is 5.92 Å². The molecule has 2 fully saturated rings. The summed E-state index contributed by atoms with van der Waals surface area (Å²) >= 11 is 0. The highest BCUT2D eigenvalue weighted by atomic mass is 15.2. The fourth-order valence-corrected chi connectivity index (χ4v) is 4.33. The summed E-state index contributed by atoms with van der Waals surface area (Å²) < 4.78 is 0. The number of nitrogens with zero attached hydrogens (tertiary/aromatic N) is 4. The zero-order valence-electron chi connectivity index (χ0n) is 18.7. The van der Waals surface area contributed by atoms with E-state index < -0.39 is 0 Å². The maximum absolute atomic E-state index is 4.69. The number of aliphatic imine (C=N–C) groups is 1. The van der Waals surface area contributed by atoms with Crippen LogP contribution >= 0.6 is 0 Å². The molecule has 2 saturated heterocycles. The molecule has 0 spiro atoms. The van der Waals surface area contributed by atoms with Crippen molar-refractivity contribution in [2.24, 2.45) is 10.9 Å². The normalized spacial score (nSPS) is 22.0. The molecule has 6 nitrogen and oxygen atoms in total. The first-order valence-electron chi connectivity index (χ1n) is 11.5. The zero-order chi connectivity index (χ0) is 20.5. The molecule has 0 bridgehead atoms. The lowest BCUT2D eigenvalue weighted by Gasteiger charge is -2.33. The number of hydrogen-bond acceptors (Lipinski definition) is 4. The van der Waals surface area contributed by atoms with Crippen LogP contribution in [0.15, 0.2) is 23.3 Å². The predicted octanol–water partition coefficient (Wildman–Crippen LogP) is 3.25. The van der Waals surface area contributed by atoms with Crippen LogP contribution < -0.4 is 15.5 Å². The first-order valence-corrected chi connectivity index (χ1v) is 11.5. The van der Waals surface area contributed by atoms with Crippen molar-refractivity contribution in [3.8, 4) is 0 Å². The molecule has 2 aliphatic rings. The van der Waals surface area contributed by atoms with E-state index >= 15 is 0 Å². The summed E-state index contributed by atoms with van der Waals surface area (Å²) in [5, 5.41) is 6.85. The highest BCUT2D eigenvalue weighted by Crippen LogP contribution is 2.21. The second-order valence-corrected chi connectivity index (χ2v) is 8.78. The largest absolute Gasteiger partial charge is 0.357 e. The maximum Gasteiger partial charge on any atom is 0.191 e. The van der Waals surface area contributed by atoms with E-state index in [1.54, 1.807) is 0 Å². The van der Waals surface area contributed by atoms with Crippen molar-refractivity contribution in [2.75, 3.05) is 44.7 Å². The van der Waals surface area contributed by atoms with Crippen molar-refractivity contribution in [1.29, 1.82) is 0 Å². The summed E-state index contributed by atoms with van der Waals surface area (Å²) in [6.45, 7) is 11.1. The summed E-state index contributed by atoms with van der Waals surface area (Å²) in [5.41, 5.74) is 1.18. The maximum atomic E-state index is 4.69. The van der Waals surface area contributed by atoms with Gasteiger partial charge in [-0.25, -0.2) is 4.98 Å². The van der Waals surface area contributed by atoms with Gasteiger partial charge in [0.05, 0.1) is 0 Å². The number of nitrogens with one attached hydrogen (secondary N) is 2. The van der Waals surface area contributed by atoms with Gasteiger partial charge in [0.15, 0.2) is 5.96 Å². The molecule has 162 valence electrons. The minimum atomic E-state index is 0.741. The van der Waals surface area contributed by atoms with Gasteiger partial charge in [-0.3, -0.25) is 4.99 Å². The Morgan fingerprint density at radius 1 is 1.10 bits per heavy atom. The van der Waals surface area contributed by atoms with Crippen molar-refractivity contribution in [3.05, 3.63) is 23.9 Å². The quantitative estimate of drug-likeness (QED) is 0.418. The van der Waals surface area contributed by atoms with Gasteiger partial charge in [-0.15, -0.1) is 0 Å². The molecule has 0 saturated carbocycles. The van der Waals surface area contributed by atoms with Gasteiger partial charge in [0.2, 0.25) is 0 Å². The van der Waals surface area contributed by atoms with E-state index in [2.05, 4.69) is 56.4 Å². The van der Waals surface area contributed by atoms with Gasteiger partial charge in [-0.1, -0.05) is 19.4 Å². The Hall–Kier alpha value is -1.82. The van der Waals surface area contributed by atoms with Crippen LogP contribution in [0.4, 0.5) is 5.82 Å². The number of aromatic nitrogens is 1. The molecule has 6 heteroatoms. The number of guanidine groups is 1. The van der Waals surface area contributed by atoms with Gasteiger partial charge in [0.25, 0.3) is 0 Å². The Morgan fingerprint density at radius 2 is 1.93 bits per heavy atom. The van der Waals surface area contributed by atoms with Crippen molar-refractivity contribution < 1.29 is 0 Å². The molecule has 0 aliphatic carbocycles. The van der Waals surface area contributed by atoms with Gasteiger partial charge < -0.3 is 20.4 Å². The third-order valence-corrected chi connectivity index (χ3v) is 6.46. The topological polar surface area (TPSA) is 55.8 Å². The van der Waals surface area contributed by atoms with Crippen LogP contribution in [-0.2, 0) is 6.54 Å². The third kappa shape index (κ3) is 6.88. The summed E-state index contributed by atoms with van der Waals surface area (Å²) in [7, 11) is 1.83. The molecule has 1 aromatic rings. The molecule has 0 amide bonds. The molecular weight excluding hydrogens is 360 g/mol. The van der Waals surface area contributed by atoms with Gasteiger partial charge in [0, 0.05) is 52.0 Å². The fourth-order valence-electron chi connectivity index (χ4n) is 4.33. The number of piperidine rings is 2. The van der Waals surface area contributed by atoms with E-state index in [4.69, 9.17) is 0 Å². The van der Waals surface area contributed by atoms with Gasteiger partial charge in [0.1, 0.15) is 5.82 Å².